The van der Waals surface area contributed by atoms with E-state index in [1.165, 1.54) is 12.1 Å². The Labute approximate surface area is 173 Å². The minimum Gasteiger partial charge on any atom is -0.439 e. The van der Waals surface area contributed by atoms with Crippen molar-refractivity contribution in [2.24, 2.45) is 11.8 Å². The number of carbonyl (C=O) groups excluding carboxylic acids is 1. The predicted octanol–water partition coefficient (Wildman–Crippen LogP) is 4.01. The standard InChI is InChI=1S/C23H21FN4O2/c1-14-12-18(14)23(29)28-11-8-20-19(13-28)22(30-17-4-2-16(24)3-5-17)27-21(26-20)15-6-9-25-10-7-15/h2-7,9-10,14,18H,8,11-13H2,1H3/t14-,18-/m0/s1. The van der Waals surface area contributed by atoms with Crippen molar-refractivity contribution in [1.82, 2.24) is 19.9 Å². The molecule has 2 atom stereocenters. The number of amides is 1. The summed E-state index contributed by atoms with van der Waals surface area (Å²) in [5, 5.41) is 0. The Bertz CT molecular complexity index is 1090. The van der Waals surface area contributed by atoms with Gasteiger partial charge in [0, 0.05) is 36.8 Å². The summed E-state index contributed by atoms with van der Waals surface area (Å²) in [7, 11) is 0. The monoisotopic (exact) mass is 404 g/mol. The third-order valence-electron chi connectivity index (χ3n) is 5.73. The van der Waals surface area contributed by atoms with Gasteiger partial charge in [-0.25, -0.2) is 9.37 Å². The summed E-state index contributed by atoms with van der Waals surface area (Å²) < 4.78 is 19.4. The Hall–Kier alpha value is -3.35. The maximum atomic E-state index is 13.3. The number of nitrogens with zero attached hydrogens (tertiary/aromatic N) is 4. The number of pyridine rings is 1. The van der Waals surface area contributed by atoms with Crippen LogP contribution in [0.2, 0.25) is 0 Å². The number of benzene rings is 1. The van der Waals surface area contributed by atoms with Crippen molar-refractivity contribution in [3.05, 3.63) is 65.9 Å². The molecule has 1 fully saturated rings. The molecule has 6 nitrogen and oxygen atoms in total. The summed E-state index contributed by atoms with van der Waals surface area (Å²) in [6.45, 7) is 3.16. The smallest absolute Gasteiger partial charge is 0.228 e. The van der Waals surface area contributed by atoms with Crippen LogP contribution in [-0.2, 0) is 17.8 Å². The van der Waals surface area contributed by atoms with E-state index in [2.05, 4.69) is 16.9 Å². The van der Waals surface area contributed by atoms with Crippen LogP contribution in [0, 0.1) is 17.7 Å². The predicted molar refractivity (Wildman–Crippen MR) is 108 cm³/mol. The van der Waals surface area contributed by atoms with Gasteiger partial charge in [0.05, 0.1) is 17.8 Å². The second kappa shape index (κ2) is 7.48. The van der Waals surface area contributed by atoms with Crippen molar-refractivity contribution in [1.29, 1.82) is 0 Å². The van der Waals surface area contributed by atoms with Gasteiger partial charge in [0.25, 0.3) is 0 Å². The molecule has 3 aromatic rings. The van der Waals surface area contributed by atoms with Crippen LogP contribution in [-0.4, -0.2) is 32.3 Å². The first-order valence-corrected chi connectivity index (χ1v) is 10.1. The lowest BCUT2D eigenvalue weighted by atomic mass is 10.0. The van der Waals surface area contributed by atoms with Crippen molar-refractivity contribution < 1.29 is 13.9 Å². The highest BCUT2D eigenvalue weighted by molar-refractivity contribution is 5.82. The SMILES string of the molecule is C[C@H]1C[C@@H]1C(=O)N1CCc2nc(-c3ccncc3)nc(Oc3ccc(F)cc3)c2C1. The molecule has 30 heavy (non-hydrogen) atoms. The zero-order valence-corrected chi connectivity index (χ0v) is 16.6. The van der Waals surface area contributed by atoms with Crippen molar-refractivity contribution in [2.45, 2.75) is 26.3 Å². The molecule has 0 bridgehead atoms. The van der Waals surface area contributed by atoms with Gasteiger partial charge in [0.15, 0.2) is 5.82 Å². The van der Waals surface area contributed by atoms with Crippen LogP contribution in [0.25, 0.3) is 11.4 Å². The van der Waals surface area contributed by atoms with Crippen molar-refractivity contribution in [3.8, 4) is 23.0 Å². The van der Waals surface area contributed by atoms with Gasteiger partial charge >= 0.3 is 0 Å². The molecule has 3 heterocycles. The van der Waals surface area contributed by atoms with Crippen LogP contribution in [0.5, 0.6) is 11.6 Å². The summed E-state index contributed by atoms with van der Waals surface area (Å²) in [5.74, 6) is 1.88. The van der Waals surface area contributed by atoms with Crippen molar-refractivity contribution in [3.63, 3.8) is 0 Å². The van der Waals surface area contributed by atoms with E-state index in [-0.39, 0.29) is 17.6 Å². The Balaban J connectivity index is 1.52. The second-order valence-electron chi connectivity index (χ2n) is 7.90. The molecule has 0 N–H and O–H groups in total. The van der Waals surface area contributed by atoms with Crippen LogP contribution < -0.4 is 4.74 Å². The number of halogens is 1. The number of fused-ring (bicyclic) bond motifs is 1. The van der Waals surface area contributed by atoms with Crippen molar-refractivity contribution >= 4 is 5.91 Å². The van der Waals surface area contributed by atoms with Gasteiger partial charge in [-0.15, -0.1) is 0 Å². The van der Waals surface area contributed by atoms with Crippen molar-refractivity contribution in [2.75, 3.05) is 6.54 Å². The van der Waals surface area contributed by atoms with Gasteiger partial charge in [-0.2, -0.15) is 4.98 Å². The topological polar surface area (TPSA) is 68.2 Å². The summed E-state index contributed by atoms with van der Waals surface area (Å²) in [6, 6.07) is 9.50. The molecule has 152 valence electrons. The van der Waals surface area contributed by atoms with E-state index in [0.29, 0.717) is 42.9 Å². The maximum Gasteiger partial charge on any atom is 0.228 e. The molecular formula is C23H21FN4O2. The first kappa shape index (κ1) is 18.7. The lowest BCUT2D eigenvalue weighted by molar-refractivity contribution is -0.133. The minimum atomic E-state index is -0.333. The lowest BCUT2D eigenvalue weighted by Gasteiger charge is -2.29. The number of rotatable bonds is 4. The highest BCUT2D eigenvalue weighted by atomic mass is 19.1. The quantitative estimate of drug-likeness (QED) is 0.657. The number of aromatic nitrogens is 3. The van der Waals surface area contributed by atoms with Gasteiger partial charge in [-0.05, 0) is 48.7 Å². The zero-order chi connectivity index (χ0) is 20.7. The molecule has 0 unspecified atom stereocenters. The highest BCUT2D eigenvalue weighted by Crippen LogP contribution is 2.40. The minimum absolute atomic E-state index is 0.130. The molecule has 2 aromatic heterocycles. The largest absolute Gasteiger partial charge is 0.439 e. The summed E-state index contributed by atoms with van der Waals surface area (Å²) in [5.41, 5.74) is 2.52. The fourth-order valence-electron chi connectivity index (χ4n) is 3.80. The third kappa shape index (κ3) is 3.63. The molecule has 1 amide bonds. The number of hydrogen-bond acceptors (Lipinski definition) is 5. The number of ether oxygens (including phenoxy) is 1. The van der Waals surface area contributed by atoms with E-state index in [1.54, 1.807) is 24.5 Å². The van der Waals surface area contributed by atoms with Crippen LogP contribution in [0.1, 0.15) is 24.6 Å². The molecule has 1 saturated carbocycles. The summed E-state index contributed by atoms with van der Waals surface area (Å²) >= 11 is 0. The van der Waals surface area contributed by atoms with Gasteiger partial charge in [0.2, 0.25) is 11.8 Å². The molecule has 5 rings (SSSR count). The molecule has 1 aliphatic carbocycles. The number of hydrogen-bond donors (Lipinski definition) is 0. The van der Waals surface area contributed by atoms with Gasteiger partial charge in [0.1, 0.15) is 11.6 Å². The normalized spacial score (nSPS) is 19.9. The van der Waals surface area contributed by atoms with E-state index in [1.807, 2.05) is 17.0 Å². The molecule has 0 radical (unpaired) electrons. The van der Waals surface area contributed by atoms with E-state index < -0.39 is 0 Å². The van der Waals surface area contributed by atoms with Crippen LogP contribution >= 0.6 is 0 Å². The van der Waals surface area contributed by atoms with Crippen LogP contribution in [0.4, 0.5) is 4.39 Å². The molecule has 2 aliphatic rings. The summed E-state index contributed by atoms with van der Waals surface area (Å²) in [6.07, 6.45) is 4.98. The Morgan fingerprint density at radius 2 is 1.87 bits per heavy atom. The van der Waals surface area contributed by atoms with Crippen LogP contribution in [0.3, 0.4) is 0 Å². The average Bonchev–Trinajstić information content (AvgIpc) is 3.51. The molecule has 7 heteroatoms. The molecule has 1 aliphatic heterocycles. The molecule has 1 aromatic carbocycles. The molecular weight excluding hydrogens is 383 g/mol. The molecule has 0 spiro atoms. The summed E-state index contributed by atoms with van der Waals surface area (Å²) in [4.78, 5) is 28.1. The van der Waals surface area contributed by atoms with E-state index in [9.17, 15) is 9.18 Å². The zero-order valence-electron chi connectivity index (χ0n) is 16.6. The van der Waals surface area contributed by atoms with Gasteiger partial charge in [-0.3, -0.25) is 9.78 Å². The van der Waals surface area contributed by atoms with E-state index in [4.69, 9.17) is 9.72 Å². The lowest BCUT2D eigenvalue weighted by Crippen LogP contribution is -2.38. The second-order valence-corrected chi connectivity index (χ2v) is 7.90. The first-order chi connectivity index (χ1) is 14.6. The fourth-order valence-corrected chi connectivity index (χ4v) is 3.80. The van der Waals surface area contributed by atoms with E-state index >= 15 is 0 Å². The highest BCUT2D eigenvalue weighted by Gasteiger charge is 2.42. The Morgan fingerprint density at radius 3 is 2.57 bits per heavy atom. The maximum absolute atomic E-state index is 13.3. The van der Waals surface area contributed by atoms with E-state index in [0.717, 1.165) is 23.2 Å². The van der Waals surface area contributed by atoms with Crippen LogP contribution in [0.15, 0.2) is 48.8 Å². The molecule has 0 saturated heterocycles. The Kier molecular flexibility index (Phi) is 4.65. The number of carbonyl (C=O) groups is 1. The Morgan fingerprint density at radius 1 is 1.13 bits per heavy atom. The third-order valence-corrected chi connectivity index (χ3v) is 5.73. The first-order valence-electron chi connectivity index (χ1n) is 10.1. The fraction of sp³-hybridized carbons (Fsp3) is 0.304. The van der Waals surface area contributed by atoms with Gasteiger partial charge < -0.3 is 9.64 Å². The average molecular weight is 404 g/mol. The van der Waals surface area contributed by atoms with Gasteiger partial charge in [-0.1, -0.05) is 6.92 Å².